The molecule has 1 aliphatic rings. The van der Waals surface area contributed by atoms with E-state index in [9.17, 15) is 4.79 Å². The minimum Gasteiger partial charge on any atom is -0.325 e. The third-order valence-electron chi connectivity index (χ3n) is 3.55. The van der Waals surface area contributed by atoms with Crippen molar-refractivity contribution in [3.05, 3.63) is 29.8 Å². The zero-order valence-electron chi connectivity index (χ0n) is 11.3. The maximum atomic E-state index is 11.9. The van der Waals surface area contributed by atoms with Crippen LogP contribution in [-0.2, 0) is 4.79 Å². The van der Waals surface area contributed by atoms with Crippen LogP contribution < -0.4 is 5.32 Å². The van der Waals surface area contributed by atoms with Crippen LogP contribution >= 0.6 is 0 Å². The summed E-state index contributed by atoms with van der Waals surface area (Å²) >= 11 is 0. The number of carbonyl (C=O) groups excluding carboxylic acids is 1. The van der Waals surface area contributed by atoms with Gasteiger partial charge in [-0.25, -0.2) is 0 Å². The summed E-state index contributed by atoms with van der Waals surface area (Å²) in [5.74, 6) is 0.899. The maximum Gasteiger partial charge on any atom is 0.238 e. The van der Waals surface area contributed by atoms with Crippen molar-refractivity contribution in [2.24, 2.45) is 5.92 Å². The Bertz CT molecular complexity index is 409. The molecule has 3 nitrogen and oxygen atoms in total. The number of hydrogen-bond acceptors (Lipinski definition) is 2. The van der Waals surface area contributed by atoms with Crippen molar-refractivity contribution in [2.75, 3.05) is 25.0 Å². The second-order valence-corrected chi connectivity index (χ2v) is 5.38. The lowest BCUT2D eigenvalue weighted by molar-refractivity contribution is -0.117. The van der Waals surface area contributed by atoms with E-state index in [-0.39, 0.29) is 5.91 Å². The number of carbonyl (C=O) groups is 1. The van der Waals surface area contributed by atoms with Gasteiger partial charge in [-0.15, -0.1) is 0 Å². The smallest absolute Gasteiger partial charge is 0.238 e. The van der Waals surface area contributed by atoms with Crippen LogP contribution in [0.5, 0.6) is 0 Å². The fourth-order valence-electron chi connectivity index (χ4n) is 2.35. The van der Waals surface area contributed by atoms with Crippen molar-refractivity contribution >= 4 is 11.6 Å². The van der Waals surface area contributed by atoms with E-state index < -0.39 is 0 Å². The van der Waals surface area contributed by atoms with Gasteiger partial charge in [-0.3, -0.25) is 9.69 Å². The molecule has 0 saturated carbocycles. The van der Waals surface area contributed by atoms with Crippen molar-refractivity contribution < 1.29 is 4.79 Å². The highest BCUT2D eigenvalue weighted by Gasteiger charge is 2.17. The summed E-state index contributed by atoms with van der Waals surface area (Å²) in [4.78, 5) is 14.2. The average molecular weight is 246 g/mol. The molecule has 1 aliphatic heterocycles. The van der Waals surface area contributed by atoms with E-state index in [0.717, 1.165) is 24.7 Å². The molecule has 0 aromatic heterocycles. The first-order valence-corrected chi connectivity index (χ1v) is 6.72. The normalized spacial score (nSPS) is 17.7. The highest BCUT2D eigenvalue weighted by molar-refractivity contribution is 5.92. The number of nitrogens with zero attached hydrogens (tertiary/aromatic N) is 1. The lowest BCUT2D eigenvalue weighted by atomic mass is 9.99. The third-order valence-corrected chi connectivity index (χ3v) is 3.55. The first-order chi connectivity index (χ1) is 8.63. The lowest BCUT2D eigenvalue weighted by Crippen LogP contribution is -2.38. The number of anilines is 1. The van der Waals surface area contributed by atoms with Crippen molar-refractivity contribution in [1.82, 2.24) is 4.90 Å². The Labute approximate surface area is 109 Å². The number of amides is 1. The van der Waals surface area contributed by atoms with Crippen LogP contribution in [0.25, 0.3) is 0 Å². The zero-order valence-corrected chi connectivity index (χ0v) is 11.3. The Kier molecular flexibility index (Phi) is 4.37. The Morgan fingerprint density at radius 2 is 2.11 bits per heavy atom. The topological polar surface area (TPSA) is 32.3 Å². The fraction of sp³-hybridized carbons (Fsp3) is 0.533. The standard InChI is InChI=1S/C15H22N2O/c1-12-6-8-17(9-7-12)11-15(18)16-14-5-3-4-13(2)10-14/h3-5,10,12H,6-9,11H2,1-2H3,(H,16,18). The Balaban J connectivity index is 1.82. The van der Waals surface area contributed by atoms with E-state index in [1.165, 1.54) is 18.4 Å². The number of likely N-dealkylation sites (tertiary alicyclic amines) is 1. The minimum absolute atomic E-state index is 0.0927. The molecule has 1 aromatic carbocycles. The molecule has 1 amide bonds. The molecule has 0 aliphatic carbocycles. The molecule has 0 unspecified atom stereocenters. The monoisotopic (exact) mass is 246 g/mol. The quantitative estimate of drug-likeness (QED) is 0.889. The molecule has 98 valence electrons. The van der Waals surface area contributed by atoms with Gasteiger partial charge in [-0.2, -0.15) is 0 Å². The summed E-state index contributed by atoms with van der Waals surface area (Å²) in [7, 11) is 0. The van der Waals surface area contributed by atoms with Gasteiger partial charge in [-0.1, -0.05) is 19.1 Å². The number of piperidine rings is 1. The number of hydrogen-bond donors (Lipinski definition) is 1. The molecule has 1 fully saturated rings. The van der Waals surface area contributed by atoms with E-state index in [2.05, 4.69) is 17.1 Å². The zero-order chi connectivity index (χ0) is 13.0. The Hall–Kier alpha value is -1.35. The van der Waals surface area contributed by atoms with Crippen molar-refractivity contribution in [1.29, 1.82) is 0 Å². The number of benzene rings is 1. The highest BCUT2D eigenvalue weighted by atomic mass is 16.2. The second-order valence-electron chi connectivity index (χ2n) is 5.38. The number of aryl methyl sites for hydroxylation is 1. The highest BCUT2D eigenvalue weighted by Crippen LogP contribution is 2.16. The molecule has 0 bridgehead atoms. The van der Waals surface area contributed by atoms with Gasteiger partial charge >= 0.3 is 0 Å². The van der Waals surface area contributed by atoms with Crippen LogP contribution in [0.2, 0.25) is 0 Å². The molecular weight excluding hydrogens is 224 g/mol. The molecule has 2 rings (SSSR count). The van der Waals surface area contributed by atoms with Crippen LogP contribution in [0.15, 0.2) is 24.3 Å². The largest absolute Gasteiger partial charge is 0.325 e. The minimum atomic E-state index is 0.0927. The summed E-state index contributed by atoms with van der Waals surface area (Å²) in [5.41, 5.74) is 2.06. The predicted octanol–water partition coefficient (Wildman–Crippen LogP) is 2.67. The molecule has 1 heterocycles. The molecule has 1 N–H and O–H groups in total. The fourth-order valence-corrected chi connectivity index (χ4v) is 2.35. The summed E-state index contributed by atoms with van der Waals surface area (Å²) in [6, 6.07) is 7.93. The first-order valence-electron chi connectivity index (χ1n) is 6.72. The Morgan fingerprint density at radius 3 is 2.78 bits per heavy atom. The average Bonchev–Trinajstić information content (AvgIpc) is 2.32. The summed E-state index contributed by atoms with van der Waals surface area (Å²) in [6.45, 7) is 6.91. The van der Waals surface area contributed by atoms with Crippen molar-refractivity contribution in [3.8, 4) is 0 Å². The maximum absolute atomic E-state index is 11.9. The van der Waals surface area contributed by atoms with Gasteiger partial charge in [0, 0.05) is 5.69 Å². The van der Waals surface area contributed by atoms with E-state index in [1.54, 1.807) is 0 Å². The lowest BCUT2D eigenvalue weighted by Gasteiger charge is -2.29. The van der Waals surface area contributed by atoms with Crippen LogP contribution in [0.1, 0.15) is 25.3 Å². The second kappa shape index (κ2) is 6.01. The van der Waals surface area contributed by atoms with Gasteiger partial charge in [0.25, 0.3) is 0 Å². The van der Waals surface area contributed by atoms with Gasteiger partial charge in [-0.05, 0) is 56.5 Å². The van der Waals surface area contributed by atoms with Gasteiger partial charge in [0.15, 0.2) is 0 Å². The van der Waals surface area contributed by atoms with Gasteiger partial charge in [0.2, 0.25) is 5.91 Å². The molecular formula is C15H22N2O. The van der Waals surface area contributed by atoms with Gasteiger partial charge < -0.3 is 5.32 Å². The SMILES string of the molecule is Cc1cccc(NC(=O)CN2CCC(C)CC2)c1. The van der Waals surface area contributed by atoms with E-state index in [1.807, 2.05) is 31.2 Å². The summed E-state index contributed by atoms with van der Waals surface area (Å²) in [6.07, 6.45) is 2.41. The molecule has 0 spiro atoms. The third kappa shape index (κ3) is 3.84. The number of rotatable bonds is 3. The molecule has 0 radical (unpaired) electrons. The molecule has 1 aromatic rings. The van der Waals surface area contributed by atoms with E-state index in [4.69, 9.17) is 0 Å². The van der Waals surface area contributed by atoms with Crippen molar-refractivity contribution in [2.45, 2.75) is 26.7 Å². The summed E-state index contributed by atoms with van der Waals surface area (Å²) in [5, 5.41) is 2.96. The van der Waals surface area contributed by atoms with Gasteiger partial charge in [0.1, 0.15) is 0 Å². The first kappa shape index (κ1) is 13.1. The van der Waals surface area contributed by atoms with Crippen LogP contribution in [-0.4, -0.2) is 30.4 Å². The molecule has 18 heavy (non-hydrogen) atoms. The van der Waals surface area contributed by atoms with E-state index >= 15 is 0 Å². The molecule has 0 atom stereocenters. The van der Waals surface area contributed by atoms with Crippen LogP contribution in [0.4, 0.5) is 5.69 Å². The molecule has 3 heteroatoms. The van der Waals surface area contributed by atoms with Crippen LogP contribution in [0, 0.1) is 12.8 Å². The van der Waals surface area contributed by atoms with Crippen LogP contribution in [0.3, 0.4) is 0 Å². The van der Waals surface area contributed by atoms with Gasteiger partial charge in [0.05, 0.1) is 6.54 Å². The van der Waals surface area contributed by atoms with E-state index in [0.29, 0.717) is 6.54 Å². The Morgan fingerprint density at radius 1 is 1.39 bits per heavy atom. The summed E-state index contributed by atoms with van der Waals surface area (Å²) < 4.78 is 0. The van der Waals surface area contributed by atoms with Crippen molar-refractivity contribution in [3.63, 3.8) is 0 Å². The molecule has 1 saturated heterocycles. The number of nitrogens with one attached hydrogen (secondary N) is 1. The predicted molar refractivity (Wildman–Crippen MR) is 74.6 cm³/mol.